The van der Waals surface area contributed by atoms with Gasteiger partial charge in [-0.05, 0) is 18.1 Å². The number of ether oxygens (including phenoxy) is 5. The highest BCUT2D eigenvalue weighted by molar-refractivity contribution is 8.14. The van der Waals surface area contributed by atoms with Gasteiger partial charge in [0.05, 0.1) is 45.7 Å². The third kappa shape index (κ3) is 6.10. The molecule has 0 amide bonds. The number of nitrogens with zero attached hydrogens (tertiary/aromatic N) is 1. The number of phenols is 1. The zero-order chi connectivity index (χ0) is 22.0. The van der Waals surface area contributed by atoms with Gasteiger partial charge in [0.1, 0.15) is 11.7 Å². The molecule has 168 valence electrons. The Bertz CT molecular complexity index is 725. The Kier molecular flexibility index (Phi) is 9.90. The van der Waals surface area contributed by atoms with Crippen molar-refractivity contribution in [3.05, 3.63) is 23.8 Å². The zero-order valence-corrected chi connectivity index (χ0v) is 18.8. The second-order valence-corrected chi connectivity index (χ2v) is 7.96. The molecule has 1 aromatic rings. The summed E-state index contributed by atoms with van der Waals surface area (Å²) in [5.74, 6) is 0.409. The molecular formula is C21H31NO7S. The van der Waals surface area contributed by atoms with Crippen molar-refractivity contribution in [1.29, 1.82) is 0 Å². The third-order valence-corrected chi connectivity index (χ3v) is 5.91. The van der Waals surface area contributed by atoms with E-state index >= 15 is 0 Å². The van der Waals surface area contributed by atoms with Gasteiger partial charge in [0, 0.05) is 12.9 Å². The molecule has 1 aliphatic heterocycles. The number of benzene rings is 1. The zero-order valence-electron chi connectivity index (χ0n) is 18.0. The van der Waals surface area contributed by atoms with E-state index in [1.807, 2.05) is 13.8 Å². The van der Waals surface area contributed by atoms with Crippen LogP contribution in [0, 0.1) is 5.92 Å². The fraction of sp³-hybridized carbons (Fsp3) is 0.619. The van der Waals surface area contributed by atoms with Gasteiger partial charge in [0.15, 0.2) is 17.0 Å². The molecule has 8 nitrogen and oxygen atoms in total. The first-order valence-corrected chi connectivity index (χ1v) is 10.9. The summed E-state index contributed by atoms with van der Waals surface area (Å²) in [6.45, 7) is 6.56. The number of phenolic OH excluding ortho intramolecular Hbond substituents is 1. The number of para-hydroxylation sites is 1. The van der Waals surface area contributed by atoms with Gasteiger partial charge in [-0.2, -0.15) is 0 Å². The number of carbonyl (C=O) groups excluding carboxylic acids is 1. The van der Waals surface area contributed by atoms with E-state index in [4.69, 9.17) is 23.7 Å². The van der Waals surface area contributed by atoms with Crippen LogP contribution in [0.1, 0.15) is 19.4 Å². The molecule has 2 rings (SSSR count). The van der Waals surface area contributed by atoms with E-state index in [1.165, 1.54) is 18.9 Å². The summed E-state index contributed by atoms with van der Waals surface area (Å²) in [5, 5.41) is 11.3. The smallest absolute Gasteiger partial charge is 0.334 e. The van der Waals surface area contributed by atoms with Crippen LogP contribution in [0.25, 0.3) is 0 Å². The molecule has 1 aliphatic rings. The van der Waals surface area contributed by atoms with Crippen LogP contribution in [0.15, 0.2) is 23.2 Å². The van der Waals surface area contributed by atoms with Crippen molar-refractivity contribution in [2.45, 2.75) is 19.4 Å². The summed E-state index contributed by atoms with van der Waals surface area (Å²) in [6, 6.07) is 5.23. The number of thioether (sulfide) groups is 1. The summed E-state index contributed by atoms with van der Waals surface area (Å²) in [5.41, 5.74) is -0.409. The lowest BCUT2D eigenvalue weighted by Gasteiger charge is -2.26. The Morgan fingerprint density at radius 1 is 1.13 bits per heavy atom. The lowest BCUT2D eigenvalue weighted by atomic mass is 9.89. The van der Waals surface area contributed by atoms with Crippen molar-refractivity contribution < 1.29 is 33.6 Å². The van der Waals surface area contributed by atoms with Crippen LogP contribution in [0.2, 0.25) is 0 Å². The molecule has 0 fully saturated rings. The van der Waals surface area contributed by atoms with Gasteiger partial charge < -0.3 is 28.8 Å². The summed E-state index contributed by atoms with van der Waals surface area (Å²) in [6.07, 6.45) is 0. The van der Waals surface area contributed by atoms with Crippen molar-refractivity contribution in [1.82, 2.24) is 0 Å². The molecule has 1 heterocycles. The minimum atomic E-state index is -0.947. The molecule has 0 aromatic heterocycles. The van der Waals surface area contributed by atoms with Crippen LogP contribution >= 0.6 is 11.8 Å². The van der Waals surface area contributed by atoms with Crippen LogP contribution in [-0.2, 0) is 23.7 Å². The normalized spacial score (nSPS) is 18.5. The minimum Gasteiger partial charge on any atom is -0.504 e. The number of carbonyl (C=O) groups is 1. The average molecular weight is 442 g/mol. The number of hydrogen-bond donors (Lipinski definition) is 1. The molecule has 9 heteroatoms. The molecule has 0 radical (unpaired) electrons. The van der Waals surface area contributed by atoms with Crippen molar-refractivity contribution >= 4 is 22.8 Å². The molecule has 1 aromatic carbocycles. The van der Waals surface area contributed by atoms with Gasteiger partial charge in [-0.15, -0.1) is 11.8 Å². The van der Waals surface area contributed by atoms with Crippen LogP contribution < -0.4 is 4.74 Å². The first kappa shape index (κ1) is 24.5. The highest BCUT2D eigenvalue weighted by Gasteiger charge is 2.47. The van der Waals surface area contributed by atoms with Crippen molar-refractivity contribution in [3.63, 3.8) is 0 Å². The highest BCUT2D eigenvalue weighted by atomic mass is 32.2. The number of methoxy groups -OCH3 is 2. The lowest BCUT2D eigenvalue weighted by Crippen LogP contribution is -2.43. The number of aromatic hydroxyl groups is 1. The van der Waals surface area contributed by atoms with E-state index in [0.29, 0.717) is 55.1 Å². The third-order valence-electron chi connectivity index (χ3n) is 4.74. The van der Waals surface area contributed by atoms with Crippen LogP contribution in [0.3, 0.4) is 0 Å². The van der Waals surface area contributed by atoms with Gasteiger partial charge >= 0.3 is 5.97 Å². The van der Waals surface area contributed by atoms with Crippen molar-refractivity contribution in [2.24, 2.45) is 10.9 Å². The molecule has 0 saturated heterocycles. The summed E-state index contributed by atoms with van der Waals surface area (Å²) in [4.78, 5) is 17.0. The maximum absolute atomic E-state index is 12.3. The average Bonchev–Trinajstić information content (AvgIpc) is 3.19. The molecule has 30 heavy (non-hydrogen) atoms. The van der Waals surface area contributed by atoms with Crippen LogP contribution in [-0.4, -0.2) is 81.3 Å². The van der Waals surface area contributed by atoms with E-state index in [-0.39, 0.29) is 24.2 Å². The fourth-order valence-corrected chi connectivity index (χ4v) is 4.28. The Morgan fingerprint density at radius 3 is 2.43 bits per heavy atom. The van der Waals surface area contributed by atoms with E-state index in [1.54, 1.807) is 25.3 Å². The molecule has 1 atom stereocenters. The van der Waals surface area contributed by atoms with Gasteiger partial charge in [0.25, 0.3) is 0 Å². The fourth-order valence-electron chi connectivity index (χ4n) is 2.86. The number of esters is 1. The van der Waals surface area contributed by atoms with E-state index in [0.717, 1.165) is 0 Å². The second kappa shape index (κ2) is 12.1. The quantitative estimate of drug-likeness (QED) is 0.369. The topological polar surface area (TPSA) is 95.8 Å². The monoisotopic (exact) mass is 441 g/mol. The second-order valence-electron chi connectivity index (χ2n) is 6.99. The van der Waals surface area contributed by atoms with Gasteiger partial charge in [-0.3, -0.25) is 4.99 Å². The molecule has 0 spiro atoms. The maximum Gasteiger partial charge on any atom is 0.334 e. The van der Waals surface area contributed by atoms with E-state index < -0.39 is 5.54 Å². The molecular weight excluding hydrogens is 410 g/mol. The maximum atomic E-state index is 12.3. The summed E-state index contributed by atoms with van der Waals surface area (Å²) >= 11 is 1.43. The van der Waals surface area contributed by atoms with Crippen molar-refractivity contribution in [2.75, 3.05) is 59.6 Å². The van der Waals surface area contributed by atoms with Gasteiger partial charge in [-0.25, -0.2) is 4.79 Å². The molecule has 1 N–H and O–H groups in total. The lowest BCUT2D eigenvalue weighted by molar-refractivity contribution is -0.147. The molecule has 0 aliphatic carbocycles. The standard InChI is InChI=1S/C21H31NO7S/c1-15(2)21(20(24)26-4)14-30-19(22-21)16-6-5-7-17(18(16)23)29-13-12-28-11-10-27-9-8-25-3/h5-7,15,23H,8-14H2,1-4H3/t21-/m0/s1. The predicted octanol–water partition coefficient (Wildman–Crippen LogP) is 2.51. The predicted molar refractivity (Wildman–Crippen MR) is 116 cm³/mol. The number of hydrogen-bond acceptors (Lipinski definition) is 9. The number of rotatable bonds is 13. The first-order valence-electron chi connectivity index (χ1n) is 9.87. The minimum absolute atomic E-state index is 0.00364. The van der Waals surface area contributed by atoms with E-state index in [2.05, 4.69) is 4.99 Å². The Morgan fingerprint density at radius 2 is 1.80 bits per heavy atom. The summed E-state index contributed by atoms with van der Waals surface area (Å²) in [7, 11) is 2.99. The molecule has 0 unspecified atom stereocenters. The number of aliphatic imine (C=N–C) groups is 1. The molecule has 0 bridgehead atoms. The first-order chi connectivity index (χ1) is 14.5. The SMILES string of the molecule is COCCOCCOCCOc1cccc(C2=N[C@](C(=O)OC)(C(C)C)CS2)c1O. The van der Waals surface area contributed by atoms with E-state index in [9.17, 15) is 9.90 Å². The Labute approximate surface area is 181 Å². The van der Waals surface area contributed by atoms with Crippen molar-refractivity contribution in [3.8, 4) is 11.5 Å². The molecule has 0 saturated carbocycles. The summed E-state index contributed by atoms with van der Waals surface area (Å²) < 4.78 is 26.3. The van der Waals surface area contributed by atoms with Crippen LogP contribution in [0.4, 0.5) is 0 Å². The Hall–Kier alpha value is -1.81. The van der Waals surface area contributed by atoms with Crippen LogP contribution in [0.5, 0.6) is 11.5 Å². The largest absolute Gasteiger partial charge is 0.504 e. The Balaban J connectivity index is 1.94. The van der Waals surface area contributed by atoms with Gasteiger partial charge in [-0.1, -0.05) is 19.9 Å². The highest BCUT2D eigenvalue weighted by Crippen LogP contribution is 2.41. The van der Waals surface area contributed by atoms with Gasteiger partial charge in [0.2, 0.25) is 0 Å².